The Hall–Kier alpha value is -3.44. The minimum Gasteiger partial charge on any atom is -0.357 e. The molecule has 1 nitrogen and oxygen atoms in total. The molecule has 0 aromatic heterocycles. The second-order valence-corrected chi connectivity index (χ2v) is 10.2. The van der Waals surface area contributed by atoms with Crippen LogP contribution in [-0.2, 0) is 6.42 Å². The Bertz CT molecular complexity index is 1280. The second kappa shape index (κ2) is 10.2. The molecule has 0 saturated heterocycles. The maximum atomic E-state index is 11.4. The van der Waals surface area contributed by atoms with Gasteiger partial charge in [0.05, 0.1) is 0 Å². The third kappa shape index (κ3) is 6.12. The molecule has 1 N–H and O–H groups in total. The Balaban J connectivity index is 1.65. The highest BCUT2D eigenvalue weighted by atomic mass is 16.3. The molecule has 4 rings (SSSR count). The first kappa shape index (κ1) is 23.7. The summed E-state index contributed by atoms with van der Waals surface area (Å²) in [6.45, 7) is 6.90. The fourth-order valence-electron chi connectivity index (χ4n) is 4.44. The molecule has 0 amide bonds. The molecule has 2 aliphatic carbocycles. The average Bonchev–Trinajstić information content (AvgIpc) is 2.85. The third-order valence-electron chi connectivity index (χ3n) is 6.65. The standard InChI is InChI=1S/C33H32O/c1-32(2,3)30-18-16-27(17-19-30)21-24-33(34,23-20-26-10-5-4-6-11-26)25-22-29-14-9-13-28-12-7-8-15-31(28)29/h4-8,10-12,14-16,30,34H,9,13,17-19H2,1-3H3/t30?,33-/m1/s1. The van der Waals surface area contributed by atoms with Gasteiger partial charge in [-0.2, -0.15) is 0 Å². The van der Waals surface area contributed by atoms with Gasteiger partial charge in [0.1, 0.15) is 0 Å². The lowest BCUT2D eigenvalue weighted by Gasteiger charge is -2.32. The van der Waals surface area contributed by atoms with Gasteiger partial charge in [-0.05, 0) is 90.0 Å². The van der Waals surface area contributed by atoms with Gasteiger partial charge in [0, 0.05) is 11.1 Å². The van der Waals surface area contributed by atoms with E-state index in [1.807, 2.05) is 36.4 Å². The third-order valence-corrected chi connectivity index (χ3v) is 6.65. The summed E-state index contributed by atoms with van der Waals surface area (Å²) in [5.74, 6) is 19.1. The molecule has 0 radical (unpaired) electrons. The van der Waals surface area contributed by atoms with Crippen LogP contribution in [0.1, 0.15) is 63.1 Å². The van der Waals surface area contributed by atoms with E-state index in [0.717, 1.165) is 54.4 Å². The van der Waals surface area contributed by atoms with Crippen LogP contribution in [-0.4, -0.2) is 10.7 Å². The summed E-state index contributed by atoms with van der Waals surface area (Å²) in [7, 11) is 0. The van der Waals surface area contributed by atoms with Crippen molar-refractivity contribution in [2.75, 3.05) is 0 Å². The molecule has 170 valence electrons. The first-order valence-corrected chi connectivity index (χ1v) is 12.2. The van der Waals surface area contributed by atoms with Gasteiger partial charge in [-0.25, -0.2) is 0 Å². The van der Waals surface area contributed by atoms with Crippen LogP contribution >= 0.6 is 0 Å². The zero-order valence-electron chi connectivity index (χ0n) is 20.4. The van der Waals surface area contributed by atoms with Crippen molar-refractivity contribution >= 4 is 5.57 Å². The normalized spacial score (nSPS) is 18.8. The molecule has 1 heteroatoms. The molecule has 1 unspecified atom stereocenters. The average molecular weight is 445 g/mol. The highest BCUT2D eigenvalue weighted by molar-refractivity contribution is 5.82. The van der Waals surface area contributed by atoms with E-state index in [-0.39, 0.29) is 0 Å². The van der Waals surface area contributed by atoms with Gasteiger partial charge >= 0.3 is 0 Å². The number of rotatable bonds is 0. The Kier molecular flexibility index (Phi) is 7.13. The molecule has 0 fully saturated rings. The van der Waals surface area contributed by atoms with Crippen LogP contribution in [0.25, 0.3) is 5.57 Å². The predicted molar refractivity (Wildman–Crippen MR) is 141 cm³/mol. The number of aryl methyl sites for hydroxylation is 1. The summed E-state index contributed by atoms with van der Waals surface area (Å²) in [5, 5.41) is 11.4. The van der Waals surface area contributed by atoms with Crippen LogP contribution in [0.15, 0.2) is 72.3 Å². The molecule has 0 saturated carbocycles. The fraction of sp³-hybridized carbons (Fsp3) is 0.333. The fourth-order valence-corrected chi connectivity index (χ4v) is 4.44. The molecule has 2 aliphatic rings. The Morgan fingerprint density at radius 2 is 1.50 bits per heavy atom. The molecule has 0 heterocycles. The van der Waals surface area contributed by atoms with E-state index in [1.54, 1.807) is 0 Å². The second-order valence-electron chi connectivity index (χ2n) is 10.2. The van der Waals surface area contributed by atoms with Gasteiger partial charge in [0.25, 0.3) is 5.60 Å². The molecule has 0 spiro atoms. The number of hydrogen-bond acceptors (Lipinski definition) is 1. The van der Waals surface area contributed by atoms with Gasteiger partial charge in [-0.3, -0.25) is 0 Å². The number of allylic oxidation sites excluding steroid dienone is 4. The number of benzene rings is 2. The van der Waals surface area contributed by atoms with Crippen LogP contribution in [0.5, 0.6) is 0 Å². The molecule has 2 aromatic rings. The van der Waals surface area contributed by atoms with Crippen molar-refractivity contribution < 1.29 is 5.11 Å². The lowest BCUT2D eigenvalue weighted by Crippen LogP contribution is -2.23. The van der Waals surface area contributed by atoms with Crippen molar-refractivity contribution in [1.82, 2.24) is 0 Å². The minimum atomic E-state index is -1.70. The zero-order chi connectivity index (χ0) is 24.0. The Morgan fingerprint density at radius 3 is 2.24 bits per heavy atom. The zero-order valence-corrected chi connectivity index (χ0v) is 20.4. The quantitative estimate of drug-likeness (QED) is 0.455. The summed E-state index contributed by atoms with van der Waals surface area (Å²) in [5.41, 5.74) is 3.86. The van der Waals surface area contributed by atoms with Crippen molar-refractivity contribution in [2.45, 2.75) is 58.5 Å². The summed E-state index contributed by atoms with van der Waals surface area (Å²) < 4.78 is 0. The molecular weight excluding hydrogens is 412 g/mol. The molecule has 0 aliphatic heterocycles. The SMILES string of the molecule is CC(C)(C)C1CC=C(C#C[C@@](O)(C#CC2=CCCc3ccccc32)C#Cc2ccccc2)CC1. The first-order chi connectivity index (χ1) is 16.3. The molecule has 34 heavy (non-hydrogen) atoms. The molecular formula is C33H32O. The Labute approximate surface area is 205 Å². The molecule has 0 bridgehead atoms. The number of aliphatic hydroxyl groups is 1. The summed E-state index contributed by atoms with van der Waals surface area (Å²) in [6.07, 6.45) is 9.41. The van der Waals surface area contributed by atoms with Gasteiger partial charge in [-0.1, -0.05) is 93.1 Å². The van der Waals surface area contributed by atoms with Gasteiger partial charge in [-0.15, -0.1) is 0 Å². The van der Waals surface area contributed by atoms with Crippen molar-refractivity contribution in [1.29, 1.82) is 0 Å². The first-order valence-electron chi connectivity index (χ1n) is 12.2. The molecule has 2 aromatic carbocycles. The van der Waals surface area contributed by atoms with E-state index in [2.05, 4.69) is 86.6 Å². The lowest BCUT2D eigenvalue weighted by atomic mass is 9.73. The van der Waals surface area contributed by atoms with Gasteiger partial charge < -0.3 is 5.11 Å². The van der Waals surface area contributed by atoms with E-state index >= 15 is 0 Å². The summed E-state index contributed by atoms with van der Waals surface area (Å²) in [6, 6.07) is 18.0. The van der Waals surface area contributed by atoms with Gasteiger partial charge in [0.2, 0.25) is 0 Å². The van der Waals surface area contributed by atoms with Crippen molar-refractivity contribution in [3.63, 3.8) is 0 Å². The van der Waals surface area contributed by atoms with Crippen molar-refractivity contribution in [2.24, 2.45) is 11.3 Å². The van der Waals surface area contributed by atoms with Crippen molar-refractivity contribution in [3.05, 3.63) is 89.0 Å². The topological polar surface area (TPSA) is 20.2 Å². The van der Waals surface area contributed by atoms with E-state index in [4.69, 9.17) is 0 Å². The lowest BCUT2D eigenvalue weighted by molar-refractivity contribution is 0.221. The maximum Gasteiger partial charge on any atom is 0.252 e. The maximum absolute atomic E-state index is 11.4. The largest absolute Gasteiger partial charge is 0.357 e. The van der Waals surface area contributed by atoms with E-state index in [1.165, 1.54) is 5.56 Å². The number of fused-ring (bicyclic) bond motifs is 1. The van der Waals surface area contributed by atoms with E-state index in [0.29, 0.717) is 11.3 Å². The summed E-state index contributed by atoms with van der Waals surface area (Å²) >= 11 is 0. The van der Waals surface area contributed by atoms with Crippen LogP contribution in [0.4, 0.5) is 0 Å². The number of hydrogen-bond donors (Lipinski definition) is 1. The van der Waals surface area contributed by atoms with Crippen molar-refractivity contribution in [3.8, 4) is 35.5 Å². The smallest absolute Gasteiger partial charge is 0.252 e. The van der Waals surface area contributed by atoms with Crippen LogP contribution in [0, 0.1) is 46.9 Å². The monoisotopic (exact) mass is 444 g/mol. The van der Waals surface area contributed by atoms with E-state index in [9.17, 15) is 5.11 Å². The van der Waals surface area contributed by atoms with Crippen LogP contribution in [0.2, 0.25) is 0 Å². The highest BCUT2D eigenvalue weighted by Crippen LogP contribution is 2.37. The highest BCUT2D eigenvalue weighted by Gasteiger charge is 2.26. The Morgan fingerprint density at radius 1 is 0.794 bits per heavy atom. The molecule has 2 atom stereocenters. The minimum absolute atomic E-state index is 0.298. The van der Waals surface area contributed by atoms with Crippen LogP contribution in [0.3, 0.4) is 0 Å². The van der Waals surface area contributed by atoms with Gasteiger partial charge in [0.15, 0.2) is 0 Å². The van der Waals surface area contributed by atoms with Crippen LogP contribution < -0.4 is 0 Å². The van der Waals surface area contributed by atoms with E-state index < -0.39 is 5.60 Å². The summed E-state index contributed by atoms with van der Waals surface area (Å²) in [4.78, 5) is 0. The predicted octanol–water partition coefficient (Wildman–Crippen LogP) is 6.58.